The van der Waals surface area contributed by atoms with Crippen LogP contribution < -0.4 is 11.1 Å². The van der Waals surface area contributed by atoms with E-state index in [0.717, 1.165) is 0 Å². The van der Waals surface area contributed by atoms with E-state index in [1.807, 2.05) is 0 Å². The molecule has 20 heavy (non-hydrogen) atoms. The first-order valence-corrected chi connectivity index (χ1v) is 6.45. The second-order valence-corrected chi connectivity index (χ2v) is 4.83. The molecule has 0 aliphatic rings. The lowest BCUT2D eigenvalue weighted by Gasteiger charge is -2.17. The maximum Gasteiger partial charge on any atom is 0.250 e. The van der Waals surface area contributed by atoms with Crippen LogP contribution in [-0.2, 0) is 4.79 Å². The Labute approximate surface area is 118 Å². The van der Waals surface area contributed by atoms with Crippen molar-refractivity contribution in [2.24, 2.45) is 5.73 Å². The molecule has 0 saturated carbocycles. The molecule has 0 heterocycles. The topological polar surface area (TPSA) is 95.7 Å². The molecule has 1 aromatic rings. The summed E-state index contributed by atoms with van der Waals surface area (Å²) in [5.41, 5.74) is 5.94. The Morgan fingerprint density at radius 2 is 2.05 bits per heavy atom. The van der Waals surface area contributed by atoms with E-state index in [1.165, 1.54) is 0 Å². The molecule has 0 aliphatic heterocycles. The number of aliphatic hydroxyl groups excluding tert-OH is 1. The number of benzene rings is 1. The molecule has 6 heteroatoms. The van der Waals surface area contributed by atoms with Crippen LogP contribution in [0.2, 0.25) is 0 Å². The van der Waals surface area contributed by atoms with Gasteiger partial charge in [-0.25, -0.2) is 0 Å². The second-order valence-electron chi connectivity index (χ2n) is 4.83. The van der Waals surface area contributed by atoms with Crippen LogP contribution >= 0.6 is 0 Å². The Morgan fingerprint density at radius 1 is 1.40 bits per heavy atom. The highest BCUT2D eigenvalue weighted by atomic mass is 16.3. The number of primary amides is 1. The monoisotopic (exact) mass is 279 g/mol. The molecule has 0 saturated heterocycles. The molecule has 0 bridgehead atoms. The van der Waals surface area contributed by atoms with Crippen molar-refractivity contribution >= 4 is 17.5 Å². The summed E-state index contributed by atoms with van der Waals surface area (Å²) in [7, 11) is 1.79. The Bertz CT molecular complexity index is 474. The van der Waals surface area contributed by atoms with E-state index >= 15 is 0 Å². The molecule has 0 radical (unpaired) electrons. The van der Waals surface area contributed by atoms with Crippen molar-refractivity contribution in [2.75, 3.05) is 25.5 Å². The van der Waals surface area contributed by atoms with Gasteiger partial charge in [0.1, 0.15) is 0 Å². The number of hydrogen-bond donors (Lipinski definition) is 3. The lowest BCUT2D eigenvalue weighted by molar-refractivity contribution is -0.117. The minimum atomic E-state index is -0.580. The number of anilines is 1. The third kappa shape index (κ3) is 5.38. The standard InChI is InChI=1S/C14H21N3O3/c1-10(18)7-8-17(2)9-13(19)16-12-6-4-3-5-11(12)14(15)20/h3-6,10,18H,7-9H2,1-2H3,(H2,15,20)(H,16,19). The SMILES string of the molecule is CC(O)CCN(C)CC(=O)Nc1ccccc1C(N)=O. The second kappa shape index (κ2) is 7.62. The fraction of sp³-hybridized carbons (Fsp3) is 0.429. The quantitative estimate of drug-likeness (QED) is 0.674. The van der Waals surface area contributed by atoms with Gasteiger partial charge in [0.15, 0.2) is 0 Å². The number of aliphatic hydroxyl groups is 1. The number of rotatable bonds is 7. The molecular weight excluding hydrogens is 258 g/mol. The van der Waals surface area contributed by atoms with E-state index in [1.54, 1.807) is 43.1 Å². The van der Waals surface area contributed by atoms with Crippen molar-refractivity contribution in [1.82, 2.24) is 4.90 Å². The summed E-state index contributed by atoms with van der Waals surface area (Å²) in [6, 6.07) is 6.60. The van der Waals surface area contributed by atoms with E-state index in [0.29, 0.717) is 18.7 Å². The highest BCUT2D eigenvalue weighted by molar-refractivity contribution is 6.03. The van der Waals surface area contributed by atoms with Gasteiger partial charge in [0, 0.05) is 6.54 Å². The van der Waals surface area contributed by atoms with E-state index in [4.69, 9.17) is 5.73 Å². The minimum absolute atomic E-state index is 0.180. The average molecular weight is 279 g/mol. The normalized spacial score (nSPS) is 12.2. The number of likely N-dealkylation sites (N-methyl/N-ethyl adjacent to an activating group) is 1. The number of carbonyl (C=O) groups is 2. The first-order valence-electron chi connectivity index (χ1n) is 6.45. The van der Waals surface area contributed by atoms with Crippen LogP contribution in [0.25, 0.3) is 0 Å². The van der Waals surface area contributed by atoms with Gasteiger partial charge in [-0.1, -0.05) is 12.1 Å². The van der Waals surface area contributed by atoms with Crippen LogP contribution in [0, 0.1) is 0 Å². The largest absolute Gasteiger partial charge is 0.393 e. The number of nitrogens with zero attached hydrogens (tertiary/aromatic N) is 1. The highest BCUT2D eigenvalue weighted by Crippen LogP contribution is 2.14. The zero-order valence-electron chi connectivity index (χ0n) is 11.8. The summed E-state index contributed by atoms with van der Waals surface area (Å²) in [6.07, 6.45) is 0.206. The molecule has 0 spiro atoms. The van der Waals surface area contributed by atoms with Gasteiger partial charge in [-0.2, -0.15) is 0 Å². The van der Waals surface area contributed by atoms with Gasteiger partial charge in [0.05, 0.1) is 23.9 Å². The van der Waals surface area contributed by atoms with Crippen molar-refractivity contribution in [3.63, 3.8) is 0 Å². The highest BCUT2D eigenvalue weighted by Gasteiger charge is 2.12. The van der Waals surface area contributed by atoms with Crippen molar-refractivity contribution in [2.45, 2.75) is 19.4 Å². The summed E-state index contributed by atoms with van der Waals surface area (Å²) in [5, 5.41) is 11.9. The number of hydrogen-bond acceptors (Lipinski definition) is 4. The number of para-hydroxylation sites is 1. The maximum atomic E-state index is 11.9. The summed E-state index contributed by atoms with van der Waals surface area (Å²) in [5.74, 6) is -0.810. The van der Waals surface area contributed by atoms with Crippen LogP contribution in [-0.4, -0.2) is 48.1 Å². The predicted molar refractivity (Wildman–Crippen MR) is 77.4 cm³/mol. The van der Waals surface area contributed by atoms with Crippen molar-refractivity contribution in [3.05, 3.63) is 29.8 Å². The molecule has 1 unspecified atom stereocenters. The molecule has 4 N–H and O–H groups in total. The third-order valence-corrected chi connectivity index (χ3v) is 2.81. The van der Waals surface area contributed by atoms with Crippen LogP contribution in [0.4, 0.5) is 5.69 Å². The van der Waals surface area contributed by atoms with Gasteiger partial charge in [0.2, 0.25) is 5.91 Å². The van der Waals surface area contributed by atoms with Gasteiger partial charge < -0.3 is 16.2 Å². The first-order chi connectivity index (χ1) is 9.40. The first kappa shape index (κ1) is 16.1. The molecule has 0 fully saturated rings. The average Bonchev–Trinajstić information content (AvgIpc) is 2.36. The molecular formula is C14H21N3O3. The Morgan fingerprint density at radius 3 is 2.65 bits per heavy atom. The van der Waals surface area contributed by atoms with Crippen molar-refractivity contribution < 1.29 is 14.7 Å². The van der Waals surface area contributed by atoms with E-state index in [-0.39, 0.29) is 18.0 Å². The molecule has 2 amide bonds. The molecule has 6 nitrogen and oxygen atoms in total. The molecule has 1 rings (SSSR count). The fourth-order valence-corrected chi connectivity index (χ4v) is 1.73. The van der Waals surface area contributed by atoms with Gasteiger partial charge >= 0.3 is 0 Å². The summed E-state index contributed by atoms with van der Waals surface area (Å²) >= 11 is 0. The predicted octanol–water partition coefficient (Wildman–Crippen LogP) is 0.427. The minimum Gasteiger partial charge on any atom is -0.393 e. The van der Waals surface area contributed by atoms with E-state index in [9.17, 15) is 14.7 Å². The Kier molecular flexibility index (Phi) is 6.14. The van der Waals surface area contributed by atoms with E-state index in [2.05, 4.69) is 5.32 Å². The third-order valence-electron chi connectivity index (χ3n) is 2.81. The van der Waals surface area contributed by atoms with Crippen LogP contribution in [0.5, 0.6) is 0 Å². The number of nitrogens with two attached hydrogens (primary N) is 1. The van der Waals surface area contributed by atoms with E-state index < -0.39 is 12.0 Å². The number of nitrogens with one attached hydrogen (secondary N) is 1. The Balaban J connectivity index is 2.56. The Hall–Kier alpha value is -1.92. The summed E-state index contributed by atoms with van der Waals surface area (Å²) in [6.45, 7) is 2.50. The van der Waals surface area contributed by atoms with Gasteiger partial charge in [-0.3, -0.25) is 14.5 Å². The summed E-state index contributed by atoms with van der Waals surface area (Å²) < 4.78 is 0. The van der Waals surface area contributed by atoms with Crippen molar-refractivity contribution in [1.29, 1.82) is 0 Å². The zero-order valence-corrected chi connectivity index (χ0v) is 11.8. The molecule has 1 aromatic carbocycles. The van der Waals surface area contributed by atoms with Crippen molar-refractivity contribution in [3.8, 4) is 0 Å². The van der Waals surface area contributed by atoms with Crippen LogP contribution in [0.1, 0.15) is 23.7 Å². The zero-order chi connectivity index (χ0) is 15.1. The van der Waals surface area contributed by atoms with Gasteiger partial charge in [-0.15, -0.1) is 0 Å². The van der Waals surface area contributed by atoms with Crippen LogP contribution in [0.15, 0.2) is 24.3 Å². The maximum absolute atomic E-state index is 11.9. The molecule has 110 valence electrons. The van der Waals surface area contributed by atoms with Crippen LogP contribution in [0.3, 0.4) is 0 Å². The van der Waals surface area contributed by atoms with Gasteiger partial charge in [-0.05, 0) is 32.5 Å². The fourth-order valence-electron chi connectivity index (χ4n) is 1.73. The molecule has 0 aliphatic carbocycles. The molecule has 1 atom stereocenters. The summed E-state index contributed by atoms with van der Waals surface area (Å²) in [4.78, 5) is 24.9. The van der Waals surface area contributed by atoms with Gasteiger partial charge in [0.25, 0.3) is 5.91 Å². The number of carbonyl (C=O) groups excluding carboxylic acids is 2. The lowest BCUT2D eigenvalue weighted by atomic mass is 10.1. The smallest absolute Gasteiger partial charge is 0.250 e. The molecule has 0 aromatic heterocycles. The lowest BCUT2D eigenvalue weighted by Crippen LogP contribution is -2.32. The number of amides is 2.